The van der Waals surface area contributed by atoms with Gasteiger partial charge in [0.1, 0.15) is 6.54 Å². The first-order valence-electron chi connectivity index (χ1n) is 10.4. The van der Waals surface area contributed by atoms with E-state index in [2.05, 4.69) is 5.32 Å². The molecule has 5 nitrogen and oxygen atoms in total. The Morgan fingerprint density at radius 3 is 2.12 bits per heavy atom. The van der Waals surface area contributed by atoms with E-state index < -0.39 is 34.2 Å². The molecule has 3 aromatic rings. The van der Waals surface area contributed by atoms with Crippen LogP contribution in [-0.4, -0.2) is 20.9 Å². The van der Waals surface area contributed by atoms with Crippen molar-refractivity contribution in [2.75, 3.05) is 16.2 Å². The summed E-state index contributed by atoms with van der Waals surface area (Å²) in [6.45, 7) is 6.18. The van der Waals surface area contributed by atoms with Gasteiger partial charge in [0.2, 0.25) is 5.91 Å². The molecule has 3 aromatic carbocycles. The van der Waals surface area contributed by atoms with Gasteiger partial charge in [-0.05, 0) is 74.2 Å². The SMILES string of the molecule is Cc1ccc(C)c(S(=O)(=O)N(CC(=O)Nc2c(C)cccc2C)c2cccc(C(F)(F)F)c2)c1. The summed E-state index contributed by atoms with van der Waals surface area (Å²) in [6.07, 6.45) is -4.68. The van der Waals surface area contributed by atoms with E-state index in [9.17, 15) is 26.4 Å². The van der Waals surface area contributed by atoms with E-state index in [0.717, 1.165) is 29.3 Å². The normalized spacial score (nSPS) is 11.9. The fourth-order valence-corrected chi connectivity index (χ4v) is 5.30. The fraction of sp³-hybridized carbons (Fsp3) is 0.240. The van der Waals surface area contributed by atoms with E-state index in [4.69, 9.17) is 0 Å². The molecule has 0 radical (unpaired) electrons. The molecule has 0 spiro atoms. The number of para-hydroxylation sites is 1. The Labute approximate surface area is 197 Å². The van der Waals surface area contributed by atoms with Gasteiger partial charge in [-0.15, -0.1) is 0 Å². The van der Waals surface area contributed by atoms with Gasteiger partial charge in [-0.3, -0.25) is 9.10 Å². The molecular weight excluding hydrogens is 465 g/mol. The zero-order valence-corrected chi connectivity index (χ0v) is 20.0. The summed E-state index contributed by atoms with van der Waals surface area (Å²) >= 11 is 0. The second kappa shape index (κ2) is 9.50. The monoisotopic (exact) mass is 490 g/mol. The highest BCUT2D eigenvalue weighted by Crippen LogP contribution is 2.34. The van der Waals surface area contributed by atoms with Crippen molar-refractivity contribution in [1.82, 2.24) is 0 Å². The number of carbonyl (C=O) groups excluding carboxylic acids is 1. The van der Waals surface area contributed by atoms with Crippen molar-refractivity contribution in [2.45, 2.75) is 38.8 Å². The zero-order chi connectivity index (χ0) is 25.3. The Kier molecular flexibility index (Phi) is 7.07. The average Bonchev–Trinajstić information content (AvgIpc) is 2.75. The van der Waals surface area contributed by atoms with Crippen LogP contribution in [0.25, 0.3) is 0 Å². The Morgan fingerprint density at radius 1 is 0.882 bits per heavy atom. The van der Waals surface area contributed by atoms with Crippen molar-refractivity contribution in [3.63, 3.8) is 0 Å². The number of alkyl halides is 3. The molecule has 1 amide bonds. The smallest absolute Gasteiger partial charge is 0.324 e. The number of benzene rings is 3. The van der Waals surface area contributed by atoms with Crippen LogP contribution in [0.5, 0.6) is 0 Å². The first kappa shape index (κ1) is 25.3. The molecule has 0 bridgehead atoms. The number of anilines is 2. The maximum Gasteiger partial charge on any atom is 0.416 e. The van der Waals surface area contributed by atoms with Crippen molar-refractivity contribution >= 4 is 27.3 Å². The van der Waals surface area contributed by atoms with Crippen LogP contribution in [-0.2, 0) is 21.0 Å². The van der Waals surface area contributed by atoms with Crippen molar-refractivity contribution < 1.29 is 26.4 Å². The lowest BCUT2D eigenvalue weighted by atomic mass is 10.1. The maximum absolute atomic E-state index is 13.7. The van der Waals surface area contributed by atoms with Crippen molar-refractivity contribution in [3.8, 4) is 0 Å². The van der Waals surface area contributed by atoms with Gasteiger partial charge in [-0.2, -0.15) is 13.2 Å². The van der Waals surface area contributed by atoms with Gasteiger partial charge in [-0.25, -0.2) is 8.42 Å². The highest BCUT2D eigenvalue weighted by Gasteiger charge is 2.34. The van der Waals surface area contributed by atoms with Crippen molar-refractivity contribution in [2.24, 2.45) is 0 Å². The molecule has 0 aliphatic rings. The molecule has 0 aliphatic carbocycles. The largest absolute Gasteiger partial charge is 0.416 e. The molecular formula is C25H25F3N2O3S. The number of nitrogens with one attached hydrogen (secondary N) is 1. The fourth-order valence-electron chi connectivity index (χ4n) is 3.58. The second-order valence-electron chi connectivity index (χ2n) is 8.14. The lowest BCUT2D eigenvalue weighted by molar-refractivity contribution is -0.137. The molecule has 34 heavy (non-hydrogen) atoms. The van der Waals surface area contributed by atoms with Gasteiger partial charge >= 0.3 is 6.18 Å². The summed E-state index contributed by atoms with van der Waals surface area (Å²) < 4.78 is 68.1. The average molecular weight is 491 g/mol. The molecule has 0 saturated carbocycles. The number of carbonyl (C=O) groups is 1. The predicted octanol–water partition coefficient (Wildman–Crippen LogP) is 5.77. The van der Waals surface area contributed by atoms with Crippen LogP contribution in [0.15, 0.2) is 65.6 Å². The minimum absolute atomic E-state index is 0.0789. The Morgan fingerprint density at radius 2 is 1.50 bits per heavy atom. The van der Waals surface area contributed by atoms with E-state index in [1.807, 2.05) is 6.07 Å². The van der Waals surface area contributed by atoms with E-state index in [1.54, 1.807) is 52.0 Å². The number of halogens is 3. The molecule has 1 N–H and O–H groups in total. The number of rotatable bonds is 6. The first-order valence-corrected chi connectivity index (χ1v) is 11.9. The minimum atomic E-state index is -4.68. The number of nitrogens with zero attached hydrogens (tertiary/aromatic N) is 1. The van der Waals surface area contributed by atoms with Crippen molar-refractivity contribution in [3.05, 3.63) is 88.5 Å². The third-order valence-electron chi connectivity index (χ3n) is 5.41. The standard InChI is InChI=1S/C25H25F3N2O3S/c1-16-11-12-17(2)22(13-16)34(32,33)30(21-10-6-9-20(14-21)25(26,27)28)15-23(31)29-24-18(3)7-5-8-19(24)4/h5-14H,15H2,1-4H3,(H,29,31). The van der Waals surface area contributed by atoms with Crippen molar-refractivity contribution in [1.29, 1.82) is 0 Å². The summed E-state index contributed by atoms with van der Waals surface area (Å²) in [6, 6.07) is 14.1. The third kappa shape index (κ3) is 5.41. The van der Waals surface area contributed by atoms with Crippen LogP contribution < -0.4 is 9.62 Å². The molecule has 0 aromatic heterocycles. The van der Waals surface area contributed by atoms with Gasteiger partial charge in [0, 0.05) is 5.69 Å². The molecule has 0 aliphatic heterocycles. The summed E-state index contributed by atoms with van der Waals surface area (Å²) in [5, 5.41) is 2.71. The van der Waals surface area contributed by atoms with Crippen LogP contribution >= 0.6 is 0 Å². The van der Waals surface area contributed by atoms with Gasteiger partial charge < -0.3 is 5.32 Å². The summed E-state index contributed by atoms with van der Waals surface area (Å²) in [5.41, 5.74) is 1.88. The molecule has 3 rings (SSSR count). The molecule has 0 heterocycles. The van der Waals surface area contributed by atoms with E-state index >= 15 is 0 Å². The van der Waals surface area contributed by atoms with Crippen LogP contribution in [0.3, 0.4) is 0 Å². The topological polar surface area (TPSA) is 66.5 Å². The zero-order valence-electron chi connectivity index (χ0n) is 19.2. The Balaban J connectivity index is 2.09. The second-order valence-corrected chi connectivity index (χ2v) is 9.97. The third-order valence-corrected chi connectivity index (χ3v) is 7.32. The minimum Gasteiger partial charge on any atom is -0.324 e. The van der Waals surface area contributed by atoms with E-state index in [-0.39, 0.29) is 10.6 Å². The quantitative estimate of drug-likeness (QED) is 0.477. The highest BCUT2D eigenvalue weighted by molar-refractivity contribution is 7.93. The number of sulfonamides is 1. The number of hydrogen-bond donors (Lipinski definition) is 1. The predicted molar refractivity (Wildman–Crippen MR) is 126 cm³/mol. The summed E-state index contributed by atoms with van der Waals surface area (Å²) in [4.78, 5) is 12.9. The van der Waals surface area contributed by atoms with Crippen LogP contribution in [0.4, 0.5) is 24.5 Å². The van der Waals surface area contributed by atoms with Gasteiger partial charge in [0.15, 0.2) is 0 Å². The number of amides is 1. The summed E-state index contributed by atoms with van der Waals surface area (Å²) in [5.74, 6) is -0.677. The first-order chi connectivity index (χ1) is 15.8. The Bertz CT molecular complexity index is 1320. The van der Waals surface area contributed by atoms with Gasteiger partial charge in [0.05, 0.1) is 16.1 Å². The molecule has 0 unspecified atom stereocenters. The molecule has 180 valence electrons. The highest BCUT2D eigenvalue weighted by atomic mass is 32.2. The lowest BCUT2D eigenvalue weighted by Gasteiger charge is -2.26. The Hall–Kier alpha value is -3.33. The van der Waals surface area contributed by atoms with Crippen LogP contribution in [0.1, 0.15) is 27.8 Å². The van der Waals surface area contributed by atoms with E-state index in [1.165, 1.54) is 12.1 Å². The molecule has 0 saturated heterocycles. The summed E-state index contributed by atoms with van der Waals surface area (Å²) in [7, 11) is -4.37. The molecule has 0 fully saturated rings. The van der Waals surface area contributed by atoms with Crippen LogP contribution in [0.2, 0.25) is 0 Å². The number of aryl methyl sites for hydroxylation is 4. The lowest BCUT2D eigenvalue weighted by Crippen LogP contribution is -2.38. The molecule has 9 heteroatoms. The van der Waals surface area contributed by atoms with Gasteiger partial charge in [-0.1, -0.05) is 36.4 Å². The molecule has 0 atom stereocenters. The number of hydrogen-bond acceptors (Lipinski definition) is 3. The van der Waals surface area contributed by atoms with Crippen LogP contribution in [0, 0.1) is 27.7 Å². The van der Waals surface area contributed by atoms with E-state index in [0.29, 0.717) is 21.1 Å². The van der Waals surface area contributed by atoms with Gasteiger partial charge in [0.25, 0.3) is 10.0 Å². The maximum atomic E-state index is 13.7.